The predicted octanol–water partition coefficient (Wildman–Crippen LogP) is 2.58. The van der Waals surface area contributed by atoms with Crippen molar-refractivity contribution in [2.24, 2.45) is 5.16 Å². The number of aromatic nitrogens is 2. The molecule has 0 saturated carbocycles. The predicted molar refractivity (Wildman–Crippen MR) is 113 cm³/mol. The van der Waals surface area contributed by atoms with Crippen LogP contribution in [0, 0.1) is 0 Å². The van der Waals surface area contributed by atoms with E-state index in [-0.39, 0.29) is 0 Å². The van der Waals surface area contributed by atoms with Crippen LogP contribution in [0.5, 0.6) is 0 Å². The van der Waals surface area contributed by atoms with E-state index in [1.807, 2.05) is 24.3 Å². The minimum Gasteiger partial charge on any atom is -0.480 e. The SMILES string of the molecule is O/N=C1\CCn2c(CCc3ccccc3)nc3cccc1c32.O=C(O)COCC(=O)O. The summed E-state index contributed by atoms with van der Waals surface area (Å²) < 4.78 is 6.44. The van der Waals surface area contributed by atoms with E-state index in [4.69, 9.17) is 15.2 Å². The molecule has 0 bridgehead atoms. The molecule has 9 heteroatoms. The van der Waals surface area contributed by atoms with Crippen molar-refractivity contribution in [3.05, 3.63) is 65.5 Å². The number of nitrogens with zero attached hydrogens (tertiary/aromatic N) is 3. The number of para-hydroxylation sites is 1. The molecule has 0 unspecified atom stereocenters. The van der Waals surface area contributed by atoms with Gasteiger partial charge in [0, 0.05) is 24.9 Å². The number of hydrogen-bond donors (Lipinski definition) is 3. The third kappa shape index (κ3) is 5.67. The lowest BCUT2D eigenvalue weighted by Gasteiger charge is -2.17. The molecule has 0 spiro atoms. The first-order valence-electron chi connectivity index (χ1n) is 9.74. The van der Waals surface area contributed by atoms with Gasteiger partial charge in [0.1, 0.15) is 19.0 Å². The average Bonchev–Trinajstić information content (AvgIpc) is 3.12. The molecular weight excluding hydrogens is 402 g/mol. The van der Waals surface area contributed by atoms with Gasteiger partial charge in [-0.05, 0) is 18.1 Å². The fourth-order valence-corrected chi connectivity index (χ4v) is 3.48. The molecule has 0 amide bonds. The molecule has 3 N–H and O–H groups in total. The molecule has 2 heterocycles. The molecule has 0 atom stereocenters. The summed E-state index contributed by atoms with van der Waals surface area (Å²) in [6.07, 6.45) is 2.65. The van der Waals surface area contributed by atoms with Crippen molar-refractivity contribution in [1.29, 1.82) is 0 Å². The molecular formula is C22H23N3O6. The van der Waals surface area contributed by atoms with Crippen LogP contribution in [0.2, 0.25) is 0 Å². The molecule has 0 saturated heterocycles. The first-order chi connectivity index (χ1) is 15.0. The van der Waals surface area contributed by atoms with E-state index in [0.29, 0.717) is 0 Å². The number of rotatable bonds is 7. The first kappa shape index (κ1) is 22.0. The van der Waals surface area contributed by atoms with Crippen molar-refractivity contribution in [2.75, 3.05) is 13.2 Å². The highest BCUT2D eigenvalue weighted by Crippen LogP contribution is 2.27. The van der Waals surface area contributed by atoms with Gasteiger partial charge in [0.05, 0.1) is 16.7 Å². The number of imidazole rings is 1. The zero-order valence-electron chi connectivity index (χ0n) is 16.8. The number of carboxylic acid groups (broad SMARTS) is 2. The number of aryl methyl sites for hydroxylation is 3. The van der Waals surface area contributed by atoms with Gasteiger partial charge in [0.2, 0.25) is 0 Å². The molecule has 31 heavy (non-hydrogen) atoms. The van der Waals surface area contributed by atoms with Crippen LogP contribution in [0.3, 0.4) is 0 Å². The number of oxime groups is 1. The maximum Gasteiger partial charge on any atom is 0.329 e. The molecule has 1 aromatic heterocycles. The summed E-state index contributed by atoms with van der Waals surface area (Å²) in [5.74, 6) is -1.23. The summed E-state index contributed by atoms with van der Waals surface area (Å²) in [6, 6.07) is 16.5. The lowest BCUT2D eigenvalue weighted by molar-refractivity contribution is -0.148. The Morgan fingerprint density at radius 1 is 1.00 bits per heavy atom. The lowest BCUT2D eigenvalue weighted by Crippen LogP contribution is -2.17. The van der Waals surface area contributed by atoms with E-state index in [1.165, 1.54) is 5.56 Å². The second-order valence-electron chi connectivity index (χ2n) is 6.92. The van der Waals surface area contributed by atoms with Crippen molar-refractivity contribution in [3.63, 3.8) is 0 Å². The second-order valence-corrected chi connectivity index (χ2v) is 6.92. The van der Waals surface area contributed by atoms with Gasteiger partial charge in [-0.1, -0.05) is 47.6 Å². The monoisotopic (exact) mass is 425 g/mol. The molecule has 1 aliphatic rings. The average molecular weight is 425 g/mol. The normalized spacial score (nSPS) is 13.6. The molecule has 0 aliphatic carbocycles. The number of aliphatic carboxylic acids is 2. The fourth-order valence-electron chi connectivity index (χ4n) is 3.48. The largest absolute Gasteiger partial charge is 0.480 e. The molecule has 162 valence electrons. The second kappa shape index (κ2) is 10.4. The number of carbonyl (C=O) groups is 2. The van der Waals surface area contributed by atoms with Crippen LogP contribution in [-0.2, 0) is 33.7 Å². The maximum atomic E-state index is 9.66. The van der Waals surface area contributed by atoms with E-state index in [0.717, 1.165) is 53.9 Å². The number of hydrogen-bond acceptors (Lipinski definition) is 6. The highest BCUT2D eigenvalue weighted by Gasteiger charge is 2.21. The van der Waals surface area contributed by atoms with Crippen LogP contribution in [0.15, 0.2) is 53.7 Å². The minimum absolute atomic E-state index is 0.563. The van der Waals surface area contributed by atoms with Crippen LogP contribution in [0.25, 0.3) is 11.0 Å². The first-order valence-corrected chi connectivity index (χ1v) is 9.74. The summed E-state index contributed by atoms with van der Waals surface area (Å²) >= 11 is 0. The van der Waals surface area contributed by atoms with Crippen molar-refractivity contribution >= 4 is 28.7 Å². The van der Waals surface area contributed by atoms with E-state index in [2.05, 4.69) is 38.7 Å². The zero-order valence-corrected chi connectivity index (χ0v) is 16.8. The Morgan fingerprint density at radius 2 is 1.71 bits per heavy atom. The third-order valence-electron chi connectivity index (χ3n) is 4.78. The van der Waals surface area contributed by atoms with Crippen LogP contribution in [0.1, 0.15) is 23.4 Å². The Morgan fingerprint density at radius 3 is 2.35 bits per heavy atom. The quantitative estimate of drug-likeness (QED) is 0.391. The maximum absolute atomic E-state index is 9.66. The molecule has 0 radical (unpaired) electrons. The molecule has 9 nitrogen and oxygen atoms in total. The topological polar surface area (TPSA) is 134 Å². The van der Waals surface area contributed by atoms with Crippen molar-refractivity contribution < 1.29 is 29.7 Å². The van der Waals surface area contributed by atoms with Gasteiger partial charge >= 0.3 is 11.9 Å². The van der Waals surface area contributed by atoms with Gasteiger partial charge in [0.25, 0.3) is 0 Å². The smallest absolute Gasteiger partial charge is 0.329 e. The molecule has 0 fully saturated rings. The summed E-state index contributed by atoms with van der Waals surface area (Å²) in [4.78, 5) is 24.1. The van der Waals surface area contributed by atoms with Gasteiger partial charge in [-0.25, -0.2) is 14.6 Å². The highest BCUT2D eigenvalue weighted by molar-refractivity contribution is 6.10. The van der Waals surface area contributed by atoms with E-state index in [1.54, 1.807) is 0 Å². The highest BCUT2D eigenvalue weighted by atomic mass is 16.5. The van der Waals surface area contributed by atoms with Crippen LogP contribution >= 0.6 is 0 Å². The Kier molecular flexibility index (Phi) is 7.34. The van der Waals surface area contributed by atoms with Crippen molar-refractivity contribution in [3.8, 4) is 0 Å². The minimum atomic E-state index is -1.17. The summed E-state index contributed by atoms with van der Waals surface area (Å²) in [6.45, 7) is -0.296. The van der Waals surface area contributed by atoms with Crippen molar-refractivity contribution in [1.82, 2.24) is 9.55 Å². The third-order valence-corrected chi connectivity index (χ3v) is 4.78. The van der Waals surface area contributed by atoms with Gasteiger partial charge in [0.15, 0.2) is 0 Å². The summed E-state index contributed by atoms with van der Waals surface area (Å²) in [5, 5.41) is 28.5. The van der Waals surface area contributed by atoms with Gasteiger partial charge < -0.3 is 24.7 Å². The standard InChI is InChI=1S/C18H17N3O.C4H6O5/c22-20-15-11-12-21-17(10-9-13-5-2-1-3-6-13)19-16-8-4-7-14(15)18(16)21;5-3(6)1-9-2-4(7)8/h1-8,22H,9-12H2;1-2H2,(H,5,6)(H,7,8)/b20-15+;. The fraction of sp³-hybridized carbons (Fsp3) is 0.273. The number of benzene rings is 2. The summed E-state index contributed by atoms with van der Waals surface area (Å²) in [5.41, 5.74) is 5.18. The van der Waals surface area contributed by atoms with Gasteiger partial charge in [-0.2, -0.15) is 0 Å². The number of ether oxygens (including phenoxy) is 1. The van der Waals surface area contributed by atoms with Crippen LogP contribution in [0.4, 0.5) is 0 Å². The zero-order chi connectivity index (χ0) is 22.2. The molecule has 2 aromatic carbocycles. The Balaban J connectivity index is 0.000000259. The molecule has 3 aromatic rings. The van der Waals surface area contributed by atoms with E-state index < -0.39 is 25.2 Å². The number of carboxylic acids is 2. The Labute approximate surface area is 178 Å². The van der Waals surface area contributed by atoms with Crippen LogP contribution < -0.4 is 0 Å². The molecule has 1 aliphatic heterocycles. The van der Waals surface area contributed by atoms with Crippen LogP contribution in [-0.4, -0.2) is 55.8 Å². The summed E-state index contributed by atoms with van der Waals surface area (Å²) in [7, 11) is 0. The Bertz CT molecular complexity index is 1080. The van der Waals surface area contributed by atoms with Gasteiger partial charge in [-0.3, -0.25) is 0 Å². The van der Waals surface area contributed by atoms with E-state index in [9.17, 15) is 14.8 Å². The van der Waals surface area contributed by atoms with E-state index >= 15 is 0 Å². The molecule has 4 rings (SSSR count). The lowest BCUT2D eigenvalue weighted by atomic mass is 10.0. The van der Waals surface area contributed by atoms with Crippen molar-refractivity contribution in [2.45, 2.75) is 25.8 Å². The Hall–Kier alpha value is -3.72. The van der Waals surface area contributed by atoms with Gasteiger partial charge in [-0.15, -0.1) is 0 Å².